The summed E-state index contributed by atoms with van der Waals surface area (Å²) < 4.78 is 3.96. The van der Waals surface area contributed by atoms with Crippen LogP contribution < -0.4 is 11.3 Å². The van der Waals surface area contributed by atoms with E-state index in [0.29, 0.717) is 10.0 Å². The van der Waals surface area contributed by atoms with Gasteiger partial charge in [0.1, 0.15) is 0 Å². The Morgan fingerprint density at radius 3 is 2.89 bits per heavy atom. The molecule has 0 radical (unpaired) electrons. The molecule has 0 amide bonds. The van der Waals surface area contributed by atoms with Crippen molar-refractivity contribution >= 4 is 34.7 Å². The lowest BCUT2D eigenvalue weighted by atomic mass is 10.0. The molecule has 1 aromatic carbocycles. The van der Waals surface area contributed by atoms with Crippen LogP contribution in [0.3, 0.4) is 0 Å². The van der Waals surface area contributed by atoms with Gasteiger partial charge in [-0.2, -0.15) is 0 Å². The second-order valence-electron chi connectivity index (χ2n) is 3.68. The molecule has 0 aliphatic carbocycles. The molecule has 1 aromatic heterocycles. The molecular weight excluding hydrogens is 291 g/mol. The maximum atomic E-state index is 6.22. The van der Waals surface area contributed by atoms with Crippen LogP contribution in [0.1, 0.15) is 29.1 Å². The summed E-state index contributed by atoms with van der Waals surface area (Å²) in [6.07, 6.45) is 0.794. The van der Waals surface area contributed by atoms with E-state index < -0.39 is 0 Å². The third-order valence-corrected chi connectivity index (χ3v) is 4.31. The van der Waals surface area contributed by atoms with Crippen molar-refractivity contribution in [2.75, 3.05) is 0 Å². The highest BCUT2D eigenvalue weighted by molar-refractivity contribution is 7.05. The molecule has 0 saturated carbocycles. The molecular formula is C11H12Cl2N4S. The third kappa shape index (κ3) is 2.50. The Balaban J connectivity index is 2.49. The zero-order chi connectivity index (χ0) is 13.1. The van der Waals surface area contributed by atoms with Crippen LogP contribution in [0.25, 0.3) is 0 Å². The Morgan fingerprint density at radius 1 is 1.44 bits per heavy atom. The predicted octanol–water partition coefficient (Wildman–Crippen LogP) is 2.96. The Kier molecular flexibility index (Phi) is 4.53. The quantitative estimate of drug-likeness (QED) is 0.673. The van der Waals surface area contributed by atoms with Crippen LogP contribution in [0.5, 0.6) is 0 Å². The number of benzene rings is 1. The van der Waals surface area contributed by atoms with Crippen molar-refractivity contribution in [3.05, 3.63) is 44.4 Å². The number of hydrazine groups is 1. The lowest BCUT2D eigenvalue weighted by Gasteiger charge is -2.17. The third-order valence-electron chi connectivity index (χ3n) is 2.64. The molecule has 18 heavy (non-hydrogen) atoms. The van der Waals surface area contributed by atoms with Gasteiger partial charge in [-0.25, -0.2) is 5.43 Å². The van der Waals surface area contributed by atoms with Crippen molar-refractivity contribution in [3.63, 3.8) is 0 Å². The number of rotatable bonds is 4. The summed E-state index contributed by atoms with van der Waals surface area (Å²) in [7, 11) is 0. The largest absolute Gasteiger partial charge is 0.271 e. The topological polar surface area (TPSA) is 63.8 Å². The van der Waals surface area contributed by atoms with Gasteiger partial charge in [-0.1, -0.05) is 46.7 Å². The normalized spacial score (nSPS) is 12.7. The van der Waals surface area contributed by atoms with Crippen molar-refractivity contribution in [2.45, 2.75) is 19.4 Å². The molecule has 3 N–H and O–H groups in total. The summed E-state index contributed by atoms with van der Waals surface area (Å²) in [5.41, 5.74) is 4.49. The lowest BCUT2D eigenvalue weighted by molar-refractivity contribution is 0.639. The van der Waals surface area contributed by atoms with E-state index in [-0.39, 0.29) is 6.04 Å². The molecule has 0 saturated heterocycles. The maximum absolute atomic E-state index is 6.22. The molecule has 0 spiro atoms. The molecule has 0 fully saturated rings. The maximum Gasteiger partial charge on any atom is 0.0852 e. The Hall–Kier alpha value is -0.720. The molecule has 4 nitrogen and oxygen atoms in total. The fraction of sp³-hybridized carbons (Fsp3) is 0.273. The van der Waals surface area contributed by atoms with Gasteiger partial charge in [-0.3, -0.25) is 5.84 Å². The SMILES string of the molecule is CCc1nnsc1C(NN)c1cccc(Cl)c1Cl. The van der Waals surface area contributed by atoms with E-state index in [4.69, 9.17) is 29.0 Å². The summed E-state index contributed by atoms with van der Waals surface area (Å²) >= 11 is 13.5. The fourth-order valence-corrected chi connectivity index (χ4v) is 2.97. The van der Waals surface area contributed by atoms with Crippen LogP contribution in [-0.4, -0.2) is 9.59 Å². The number of hydrogen-bond donors (Lipinski definition) is 2. The molecule has 1 unspecified atom stereocenters. The Bertz CT molecular complexity index is 544. The van der Waals surface area contributed by atoms with E-state index in [1.54, 1.807) is 6.07 Å². The zero-order valence-corrected chi connectivity index (χ0v) is 12.0. The standard InChI is InChI=1S/C11H12Cl2N4S/c1-2-8-11(18-17-16-8)10(15-14)6-4-3-5-7(12)9(6)13/h3-5,10,15H,2,14H2,1H3. The average Bonchev–Trinajstić information content (AvgIpc) is 2.83. The van der Waals surface area contributed by atoms with Crippen LogP contribution in [0, 0.1) is 0 Å². The fourth-order valence-electron chi connectivity index (χ4n) is 1.73. The van der Waals surface area contributed by atoms with Crippen molar-refractivity contribution in [1.82, 2.24) is 15.0 Å². The van der Waals surface area contributed by atoms with Gasteiger partial charge in [0.25, 0.3) is 0 Å². The lowest BCUT2D eigenvalue weighted by Crippen LogP contribution is -2.29. The first-order chi connectivity index (χ1) is 8.69. The van der Waals surface area contributed by atoms with Gasteiger partial charge >= 0.3 is 0 Å². The summed E-state index contributed by atoms with van der Waals surface area (Å²) in [6.45, 7) is 2.02. The number of aryl methyl sites for hydroxylation is 1. The van der Waals surface area contributed by atoms with Crippen LogP contribution in [0.15, 0.2) is 18.2 Å². The summed E-state index contributed by atoms with van der Waals surface area (Å²) in [4.78, 5) is 0.962. The molecule has 1 atom stereocenters. The number of nitrogens with zero attached hydrogens (tertiary/aromatic N) is 2. The van der Waals surface area contributed by atoms with Gasteiger partial charge < -0.3 is 0 Å². The summed E-state index contributed by atoms with van der Waals surface area (Å²) in [5.74, 6) is 5.64. The van der Waals surface area contributed by atoms with Crippen LogP contribution in [-0.2, 0) is 6.42 Å². The van der Waals surface area contributed by atoms with Gasteiger partial charge in [0.15, 0.2) is 0 Å². The van der Waals surface area contributed by atoms with Crippen molar-refractivity contribution < 1.29 is 0 Å². The minimum atomic E-state index is -0.244. The van der Waals surface area contributed by atoms with E-state index in [0.717, 1.165) is 22.6 Å². The molecule has 2 rings (SSSR count). The molecule has 96 valence electrons. The van der Waals surface area contributed by atoms with Gasteiger partial charge in [-0.05, 0) is 29.6 Å². The van der Waals surface area contributed by atoms with Crippen LogP contribution >= 0.6 is 34.7 Å². The molecule has 7 heteroatoms. The van der Waals surface area contributed by atoms with Gasteiger partial charge in [0.05, 0.1) is 26.7 Å². The molecule has 1 heterocycles. The molecule has 2 aromatic rings. The van der Waals surface area contributed by atoms with E-state index in [9.17, 15) is 0 Å². The van der Waals surface area contributed by atoms with E-state index in [2.05, 4.69) is 15.0 Å². The van der Waals surface area contributed by atoms with Crippen LogP contribution in [0.2, 0.25) is 10.0 Å². The first-order valence-electron chi connectivity index (χ1n) is 5.40. The van der Waals surface area contributed by atoms with Crippen molar-refractivity contribution in [1.29, 1.82) is 0 Å². The first kappa shape index (κ1) is 13.7. The van der Waals surface area contributed by atoms with E-state index in [1.165, 1.54) is 11.5 Å². The number of nitrogens with one attached hydrogen (secondary N) is 1. The highest BCUT2D eigenvalue weighted by Crippen LogP contribution is 2.34. The van der Waals surface area contributed by atoms with E-state index in [1.807, 2.05) is 19.1 Å². The monoisotopic (exact) mass is 302 g/mol. The second-order valence-corrected chi connectivity index (χ2v) is 5.25. The minimum Gasteiger partial charge on any atom is -0.271 e. The number of nitrogens with two attached hydrogens (primary N) is 1. The highest BCUT2D eigenvalue weighted by Gasteiger charge is 2.22. The number of hydrogen-bond acceptors (Lipinski definition) is 5. The average molecular weight is 303 g/mol. The second kappa shape index (κ2) is 5.95. The first-order valence-corrected chi connectivity index (χ1v) is 6.93. The Morgan fingerprint density at radius 2 is 2.22 bits per heavy atom. The highest BCUT2D eigenvalue weighted by atomic mass is 35.5. The summed E-state index contributed by atoms with van der Waals surface area (Å²) in [6, 6.07) is 5.23. The predicted molar refractivity (Wildman–Crippen MR) is 74.9 cm³/mol. The molecule has 0 bridgehead atoms. The number of halogens is 2. The molecule has 0 aliphatic heterocycles. The Labute approximate surface area is 119 Å². The minimum absolute atomic E-state index is 0.244. The smallest absolute Gasteiger partial charge is 0.0852 e. The number of aromatic nitrogens is 2. The van der Waals surface area contributed by atoms with Gasteiger partial charge in [0, 0.05) is 0 Å². The van der Waals surface area contributed by atoms with Crippen molar-refractivity contribution in [3.8, 4) is 0 Å². The van der Waals surface area contributed by atoms with Gasteiger partial charge in [-0.15, -0.1) is 5.10 Å². The van der Waals surface area contributed by atoms with Gasteiger partial charge in [0.2, 0.25) is 0 Å². The summed E-state index contributed by atoms with van der Waals surface area (Å²) in [5, 5.41) is 5.08. The molecule has 0 aliphatic rings. The van der Waals surface area contributed by atoms with Crippen LogP contribution in [0.4, 0.5) is 0 Å². The zero-order valence-electron chi connectivity index (χ0n) is 9.65. The van der Waals surface area contributed by atoms with E-state index >= 15 is 0 Å². The van der Waals surface area contributed by atoms with Crippen molar-refractivity contribution in [2.24, 2.45) is 5.84 Å².